The molecule has 9 heteroatoms. The van der Waals surface area contributed by atoms with Gasteiger partial charge < -0.3 is 19.9 Å². The van der Waals surface area contributed by atoms with Gasteiger partial charge in [0.15, 0.2) is 5.96 Å². The molecule has 2 aliphatic rings. The molecule has 0 aromatic heterocycles. The Labute approximate surface area is 210 Å². The molecule has 0 amide bonds. The highest BCUT2D eigenvalue weighted by molar-refractivity contribution is 14.0. The zero-order valence-electron chi connectivity index (χ0n) is 18.6. The molecule has 2 saturated heterocycles. The molecule has 0 bridgehead atoms. The van der Waals surface area contributed by atoms with Gasteiger partial charge in [0.2, 0.25) is 0 Å². The van der Waals surface area contributed by atoms with Gasteiger partial charge >= 0.3 is 6.18 Å². The molecular formula is C24H30F3IN4O. The summed E-state index contributed by atoms with van der Waals surface area (Å²) in [6.07, 6.45) is -3.68. The first-order valence-electron chi connectivity index (χ1n) is 11.0. The van der Waals surface area contributed by atoms with Gasteiger partial charge in [-0.25, -0.2) is 0 Å². The van der Waals surface area contributed by atoms with E-state index in [1.165, 1.54) is 17.8 Å². The van der Waals surface area contributed by atoms with E-state index in [9.17, 15) is 13.2 Å². The maximum absolute atomic E-state index is 13.1. The first kappa shape index (κ1) is 25.6. The lowest BCUT2D eigenvalue weighted by Gasteiger charge is -2.35. The van der Waals surface area contributed by atoms with Crippen molar-refractivity contribution in [1.82, 2.24) is 10.2 Å². The number of ether oxygens (including phenoxy) is 1. The van der Waals surface area contributed by atoms with Gasteiger partial charge in [-0.1, -0.05) is 30.3 Å². The fraction of sp³-hybridized carbons (Fsp3) is 0.458. The van der Waals surface area contributed by atoms with E-state index in [1.807, 2.05) is 6.07 Å². The molecule has 5 nitrogen and oxygen atoms in total. The summed E-state index contributed by atoms with van der Waals surface area (Å²) in [5.41, 5.74) is 1.13. The Balaban J connectivity index is 0.00000306. The summed E-state index contributed by atoms with van der Waals surface area (Å²) in [5.74, 6) is 1.27. The number of rotatable bonds is 4. The second-order valence-electron chi connectivity index (χ2n) is 8.29. The lowest BCUT2D eigenvalue weighted by Crippen LogP contribution is -2.49. The molecule has 33 heavy (non-hydrogen) atoms. The Kier molecular flexibility index (Phi) is 8.86. The number of hydrogen-bond acceptors (Lipinski definition) is 3. The van der Waals surface area contributed by atoms with Gasteiger partial charge in [0, 0.05) is 38.9 Å². The molecule has 2 atom stereocenters. The van der Waals surface area contributed by atoms with Crippen LogP contribution in [0, 0.1) is 5.92 Å². The van der Waals surface area contributed by atoms with Crippen molar-refractivity contribution in [2.75, 3.05) is 51.3 Å². The summed E-state index contributed by atoms with van der Waals surface area (Å²) >= 11 is 0. The third-order valence-electron chi connectivity index (χ3n) is 6.12. The fourth-order valence-electron chi connectivity index (χ4n) is 4.40. The average Bonchev–Trinajstić information content (AvgIpc) is 3.29. The standard InChI is InChI=1S/C24H29F3N4O.HI/c1-28-23(29-15-18-10-11-30(16-18)21-8-3-2-4-9-21)31-12-13-32-22(17-31)19-6-5-7-20(14-19)24(25,26)27;/h2-9,14,18,22H,10-13,15-17H2,1H3,(H,28,29);1H. The number of benzene rings is 2. The third-order valence-corrected chi connectivity index (χ3v) is 6.12. The van der Waals surface area contributed by atoms with Gasteiger partial charge in [-0.2, -0.15) is 13.2 Å². The average molecular weight is 574 g/mol. The van der Waals surface area contributed by atoms with Crippen LogP contribution >= 0.6 is 24.0 Å². The summed E-state index contributed by atoms with van der Waals surface area (Å²) in [6, 6.07) is 15.8. The van der Waals surface area contributed by atoms with Gasteiger partial charge in [0.25, 0.3) is 0 Å². The van der Waals surface area contributed by atoms with Gasteiger partial charge in [-0.05, 0) is 42.2 Å². The number of anilines is 1. The molecule has 2 unspecified atom stereocenters. The summed E-state index contributed by atoms with van der Waals surface area (Å²) in [7, 11) is 1.74. The van der Waals surface area contributed by atoms with Crippen molar-refractivity contribution in [1.29, 1.82) is 0 Å². The Hall–Kier alpha value is -2.01. The van der Waals surface area contributed by atoms with Crippen LogP contribution in [0.2, 0.25) is 0 Å². The number of guanidine groups is 1. The van der Waals surface area contributed by atoms with Crippen molar-refractivity contribution in [2.45, 2.75) is 18.7 Å². The fourth-order valence-corrected chi connectivity index (χ4v) is 4.40. The molecule has 180 valence electrons. The van der Waals surface area contributed by atoms with Crippen molar-refractivity contribution >= 4 is 35.6 Å². The van der Waals surface area contributed by atoms with Crippen molar-refractivity contribution in [3.8, 4) is 0 Å². The smallest absolute Gasteiger partial charge is 0.371 e. The van der Waals surface area contributed by atoms with E-state index in [-0.39, 0.29) is 24.0 Å². The topological polar surface area (TPSA) is 40.1 Å². The molecule has 1 N–H and O–H groups in total. The summed E-state index contributed by atoms with van der Waals surface area (Å²) < 4.78 is 45.1. The zero-order valence-corrected chi connectivity index (χ0v) is 20.9. The first-order valence-corrected chi connectivity index (χ1v) is 11.0. The highest BCUT2D eigenvalue weighted by Crippen LogP contribution is 2.32. The monoisotopic (exact) mass is 574 g/mol. The second kappa shape index (κ2) is 11.4. The minimum absolute atomic E-state index is 0. The zero-order chi connectivity index (χ0) is 22.6. The van der Waals surface area contributed by atoms with Gasteiger partial charge in [-0.15, -0.1) is 24.0 Å². The third kappa shape index (κ3) is 6.53. The Morgan fingerprint density at radius 3 is 2.61 bits per heavy atom. The van der Waals surface area contributed by atoms with Crippen molar-refractivity contribution in [3.05, 3.63) is 65.7 Å². The number of morpholine rings is 1. The van der Waals surface area contributed by atoms with Crippen LogP contribution < -0.4 is 10.2 Å². The number of nitrogens with zero attached hydrogens (tertiary/aromatic N) is 3. The lowest BCUT2D eigenvalue weighted by molar-refractivity contribution is -0.137. The summed E-state index contributed by atoms with van der Waals surface area (Å²) in [6.45, 7) is 4.38. The largest absolute Gasteiger partial charge is 0.416 e. The molecule has 0 spiro atoms. The molecule has 0 radical (unpaired) electrons. The second-order valence-corrected chi connectivity index (χ2v) is 8.29. The van der Waals surface area contributed by atoms with E-state index in [4.69, 9.17) is 4.74 Å². The van der Waals surface area contributed by atoms with E-state index in [1.54, 1.807) is 13.1 Å². The number of nitrogens with one attached hydrogen (secondary N) is 1. The summed E-state index contributed by atoms with van der Waals surface area (Å²) in [4.78, 5) is 8.88. The Morgan fingerprint density at radius 2 is 1.88 bits per heavy atom. The SMILES string of the molecule is CN=C(NCC1CCN(c2ccccc2)C1)N1CCOC(c2cccc(C(F)(F)F)c2)C1.I. The number of para-hydroxylation sites is 1. The highest BCUT2D eigenvalue weighted by Gasteiger charge is 2.32. The highest BCUT2D eigenvalue weighted by atomic mass is 127. The van der Waals surface area contributed by atoms with Crippen molar-refractivity contribution in [2.24, 2.45) is 10.9 Å². The Morgan fingerprint density at radius 1 is 1.09 bits per heavy atom. The first-order chi connectivity index (χ1) is 15.4. The minimum atomic E-state index is -4.36. The van der Waals surface area contributed by atoms with Crippen LogP contribution in [0.1, 0.15) is 23.7 Å². The Bertz CT molecular complexity index is 925. The van der Waals surface area contributed by atoms with Gasteiger partial charge in [-0.3, -0.25) is 4.99 Å². The predicted octanol–water partition coefficient (Wildman–Crippen LogP) is 4.80. The van der Waals surface area contributed by atoms with E-state index in [0.29, 0.717) is 31.2 Å². The quantitative estimate of drug-likeness (QED) is 0.324. The van der Waals surface area contributed by atoms with Crippen LogP contribution in [0.25, 0.3) is 0 Å². The van der Waals surface area contributed by atoms with Crippen LogP contribution in [0.5, 0.6) is 0 Å². The number of aliphatic imine (C=N–C) groups is 1. The molecular weight excluding hydrogens is 544 g/mol. The maximum atomic E-state index is 13.1. The van der Waals surface area contributed by atoms with Crippen molar-refractivity contribution in [3.63, 3.8) is 0 Å². The molecule has 0 saturated carbocycles. The van der Waals surface area contributed by atoms with Crippen LogP contribution in [0.15, 0.2) is 59.6 Å². The van der Waals surface area contributed by atoms with E-state index < -0.39 is 17.8 Å². The molecule has 2 heterocycles. The number of alkyl halides is 3. The molecule has 2 aromatic carbocycles. The minimum Gasteiger partial charge on any atom is -0.371 e. The number of hydrogen-bond donors (Lipinski definition) is 1. The van der Waals surface area contributed by atoms with Crippen molar-refractivity contribution < 1.29 is 17.9 Å². The van der Waals surface area contributed by atoms with Crippen LogP contribution in [0.3, 0.4) is 0 Å². The van der Waals surface area contributed by atoms with Crippen LogP contribution in [0.4, 0.5) is 18.9 Å². The van der Waals surface area contributed by atoms with E-state index >= 15 is 0 Å². The number of halogens is 4. The molecule has 2 aliphatic heterocycles. The molecule has 4 rings (SSSR count). The lowest BCUT2D eigenvalue weighted by atomic mass is 10.0. The van der Waals surface area contributed by atoms with E-state index in [0.717, 1.165) is 38.1 Å². The van der Waals surface area contributed by atoms with E-state index in [2.05, 4.69) is 44.4 Å². The molecule has 0 aliphatic carbocycles. The summed E-state index contributed by atoms with van der Waals surface area (Å²) in [5, 5.41) is 3.47. The molecule has 2 aromatic rings. The van der Waals surface area contributed by atoms with Gasteiger partial charge in [0.05, 0.1) is 18.7 Å². The molecule has 2 fully saturated rings. The normalized spacial score (nSPS) is 21.6. The van der Waals surface area contributed by atoms with Gasteiger partial charge in [0.1, 0.15) is 6.10 Å². The predicted molar refractivity (Wildman–Crippen MR) is 135 cm³/mol. The van der Waals surface area contributed by atoms with Crippen LogP contribution in [-0.2, 0) is 10.9 Å². The maximum Gasteiger partial charge on any atom is 0.416 e. The van der Waals surface area contributed by atoms with Crippen LogP contribution in [-0.4, -0.2) is 57.2 Å².